The van der Waals surface area contributed by atoms with Crippen LogP contribution in [0.3, 0.4) is 0 Å². The Morgan fingerprint density at radius 2 is 2.16 bits per heavy atom. The van der Waals surface area contributed by atoms with Crippen molar-refractivity contribution in [3.8, 4) is 0 Å². The monoisotopic (exact) mass is 264 g/mol. The molecule has 1 N–H and O–H groups in total. The van der Waals surface area contributed by atoms with Crippen molar-refractivity contribution in [3.05, 3.63) is 11.3 Å². The van der Waals surface area contributed by atoms with Gasteiger partial charge in [0.25, 0.3) is 0 Å². The molecule has 0 amide bonds. The lowest BCUT2D eigenvalue weighted by atomic mass is 9.97. The molecule has 1 aliphatic heterocycles. The van der Waals surface area contributed by atoms with E-state index >= 15 is 0 Å². The van der Waals surface area contributed by atoms with Crippen LogP contribution in [-0.4, -0.2) is 29.4 Å². The van der Waals surface area contributed by atoms with Gasteiger partial charge in [-0.15, -0.1) is 0 Å². The summed E-state index contributed by atoms with van der Waals surface area (Å²) in [7, 11) is 4.09. The van der Waals surface area contributed by atoms with E-state index in [4.69, 9.17) is 0 Å². The van der Waals surface area contributed by atoms with Crippen LogP contribution in [0.4, 0.5) is 5.82 Å². The van der Waals surface area contributed by atoms with Crippen LogP contribution >= 0.6 is 0 Å². The summed E-state index contributed by atoms with van der Waals surface area (Å²) in [4.78, 5) is 2.61. The summed E-state index contributed by atoms with van der Waals surface area (Å²) in [5.41, 5.74) is 2.53. The average molecular weight is 264 g/mol. The fraction of sp³-hybridized carbons (Fsp3) is 0.800. The lowest BCUT2D eigenvalue weighted by molar-refractivity contribution is 0.425. The summed E-state index contributed by atoms with van der Waals surface area (Å²) < 4.78 is 2.08. The van der Waals surface area contributed by atoms with Crippen LogP contribution in [-0.2, 0) is 13.6 Å². The third kappa shape index (κ3) is 2.94. The SMILES string of the molecule is CCCC1CCCCN1c1c(CNC)c(C)nn1C. The zero-order valence-corrected chi connectivity index (χ0v) is 12.9. The zero-order chi connectivity index (χ0) is 13.8. The molecular formula is C15H28N4. The molecule has 2 heterocycles. The van der Waals surface area contributed by atoms with E-state index < -0.39 is 0 Å². The smallest absolute Gasteiger partial charge is 0.131 e. The summed E-state index contributed by atoms with van der Waals surface area (Å²) in [6.07, 6.45) is 6.57. The number of aromatic nitrogens is 2. The summed E-state index contributed by atoms with van der Waals surface area (Å²) in [5, 5.41) is 7.92. The summed E-state index contributed by atoms with van der Waals surface area (Å²) >= 11 is 0. The first-order chi connectivity index (χ1) is 9.19. The topological polar surface area (TPSA) is 33.1 Å². The predicted molar refractivity (Wildman–Crippen MR) is 80.6 cm³/mol. The molecule has 0 radical (unpaired) electrons. The summed E-state index contributed by atoms with van der Waals surface area (Å²) in [5.74, 6) is 1.34. The van der Waals surface area contributed by atoms with Crippen molar-refractivity contribution in [1.82, 2.24) is 15.1 Å². The molecule has 4 nitrogen and oxygen atoms in total. The van der Waals surface area contributed by atoms with Gasteiger partial charge in [-0.3, -0.25) is 4.68 Å². The Balaban J connectivity index is 2.32. The second-order valence-electron chi connectivity index (χ2n) is 5.67. The molecule has 108 valence electrons. The highest BCUT2D eigenvalue weighted by atomic mass is 15.4. The number of rotatable bonds is 5. The Labute approximate surface area is 117 Å². The molecule has 0 bridgehead atoms. The Morgan fingerprint density at radius 3 is 2.84 bits per heavy atom. The van der Waals surface area contributed by atoms with Crippen molar-refractivity contribution >= 4 is 5.82 Å². The number of anilines is 1. The number of hydrogen-bond acceptors (Lipinski definition) is 3. The third-order valence-electron chi connectivity index (χ3n) is 4.19. The molecule has 0 aromatic carbocycles. The standard InChI is InChI=1S/C15H28N4/c1-5-8-13-9-6-7-10-19(13)15-14(11-16-3)12(2)17-18(15)4/h13,16H,5-11H2,1-4H3. The second-order valence-corrected chi connectivity index (χ2v) is 5.67. The maximum atomic E-state index is 4.63. The van der Waals surface area contributed by atoms with E-state index in [1.54, 1.807) is 0 Å². The molecule has 1 aromatic heterocycles. The Kier molecular flexibility index (Phi) is 4.86. The van der Waals surface area contributed by atoms with Gasteiger partial charge in [0, 0.05) is 31.7 Å². The minimum atomic E-state index is 0.698. The largest absolute Gasteiger partial charge is 0.354 e. The molecule has 1 atom stereocenters. The van der Waals surface area contributed by atoms with Gasteiger partial charge in [-0.25, -0.2) is 0 Å². The Hall–Kier alpha value is -1.03. The normalized spacial score (nSPS) is 20.0. The van der Waals surface area contributed by atoms with Crippen molar-refractivity contribution in [2.45, 2.75) is 58.5 Å². The maximum absolute atomic E-state index is 4.63. The lowest BCUT2D eigenvalue weighted by Crippen LogP contribution is -2.41. The molecule has 0 spiro atoms. The predicted octanol–water partition coefficient (Wildman–Crippen LogP) is 2.61. The van der Waals surface area contributed by atoms with Gasteiger partial charge in [0.05, 0.1) is 5.69 Å². The minimum Gasteiger partial charge on any atom is -0.354 e. The van der Waals surface area contributed by atoms with Crippen LogP contribution in [0.15, 0.2) is 0 Å². The van der Waals surface area contributed by atoms with Crippen molar-refractivity contribution < 1.29 is 0 Å². The van der Waals surface area contributed by atoms with Crippen molar-refractivity contribution in [3.63, 3.8) is 0 Å². The van der Waals surface area contributed by atoms with Crippen LogP contribution in [0.1, 0.15) is 50.3 Å². The summed E-state index contributed by atoms with van der Waals surface area (Å²) in [6, 6.07) is 0.698. The number of aryl methyl sites for hydroxylation is 2. The molecule has 4 heteroatoms. The highest BCUT2D eigenvalue weighted by Gasteiger charge is 2.27. The minimum absolute atomic E-state index is 0.698. The molecular weight excluding hydrogens is 236 g/mol. The quantitative estimate of drug-likeness (QED) is 0.887. The van der Waals surface area contributed by atoms with Gasteiger partial charge >= 0.3 is 0 Å². The van der Waals surface area contributed by atoms with Crippen LogP contribution in [0, 0.1) is 6.92 Å². The summed E-state index contributed by atoms with van der Waals surface area (Å²) in [6.45, 7) is 6.50. The van der Waals surface area contributed by atoms with Crippen LogP contribution in [0.25, 0.3) is 0 Å². The Morgan fingerprint density at radius 1 is 1.37 bits per heavy atom. The van der Waals surface area contributed by atoms with E-state index in [2.05, 4.69) is 40.9 Å². The van der Waals surface area contributed by atoms with E-state index in [1.165, 1.54) is 50.0 Å². The molecule has 1 unspecified atom stereocenters. The van der Waals surface area contributed by atoms with Crippen molar-refractivity contribution in [2.24, 2.45) is 7.05 Å². The van der Waals surface area contributed by atoms with E-state index in [-0.39, 0.29) is 0 Å². The first-order valence-electron chi connectivity index (χ1n) is 7.62. The zero-order valence-electron chi connectivity index (χ0n) is 12.9. The van der Waals surface area contributed by atoms with Gasteiger partial charge in [-0.05, 0) is 39.7 Å². The van der Waals surface area contributed by atoms with Gasteiger partial charge in [0.1, 0.15) is 5.82 Å². The third-order valence-corrected chi connectivity index (χ3v) is 4.19. The highest BCUT2D eigenvalue weighted by molar-refractivity contribution is 5.51. The van der Waals surface area contributed by atoms with E-state index in [0.29, 0.717) is 6.04 Å². The molecule has 0 saturated carbocycles. The molecule has 1 saturated heterocycles. The van der Waals surface area contributed by atoms with E-state index in [1.807, 2.05) is 7.05 Å². The van der Waals surface area contributed by atoms with Crippen molar-refractivity contribution in [1.29, 1.82) is 0 Å². The first-order valence-corrected chi connectivity index (χ1v) is 7.62. The molecule has 19 heavy (non-hydrogen) atoms. The number of nitrogens with zero attached hydrogens (tertiary/aromatic N) is 3. The first kappa shape index (κ1) is 14.4. The number of hydrogen-bond donors (Lipinski definition) is 1. The molecule has 1 fully saturated rings. The lowest BCUT2D eigenvalue weighted by Gasteiger charge is -2.38. The number of nitrogens with one attached hydrogen (secondary N) is 1. The highest BCUT2D eigenvalue weighted by Crippen LogP contribution is 2.31. The number of piperidine rings is 1. The van der Waals surface area contributed by atoms with Crippen LogP contribution in [0.5, 0.6) is 0 Å². The van der Waals surface area contributed by atoms with E-state index in [0.717, 1.165) is 12.2 Å². The fourth-order valence-electron chi connectivity index (χ4n) is 3.35. The Bertz CT molecular complexity index is 409. The average Bonchev–Trinajstić information content (AvgIpc) is 2.66. The van der Waals surface area contributed by atoms with Gasteiger partial charge in [-0.1, -0.05) is 13.3 Å². The fourth-order valence-corrected chi connectivity index (χ4v) is 3.35. The molecule has 1 aromatic rings. The second kappa shape index (κ2) is 6.42. The van der Waals surface area contributed by atoms with Gasteiger partial charge in [-0.2, -0.15) is 5.10 Å². The van der Waals surface area contributed by atoms with Crippen molar-refractivity contribution in [2.75, 3.05) is 18.5 Å². The van der Waals surface area contributed by atoms with Gasteiger partial charge in [0.15, 0.2) is 0 Å². The molecule has 2 rings (SSSR count). The van der Waals surface area contributed by atoms with Gasteiger partial charge < -0.3 is 10.2 Å². The maximum Gasteiger partial charge on any atom is 0.131 e. The van der Waals surface area contributed by atoms with E-state index in [9.17, 15) is 0 Å². The molecule has 0 aliphatic carbocycles. The van der Waals surface area contributed by atoms with Gasteiger partial charge in [0.2, 0.25) is 0 Å². The molecule has 1 aliphatic rings. The van der Waals surface area contributed by atoms with Crippen LogP contribution < -0.4 is 10.2 Å². The van der Waals surface area contributed by atoms with Crippen LogP contribution in [0.2, 0.25) is 0 Å².